The number of rotatable bonds is 9. The lowest BCUT2D eigenvalue weighted by molar-refractivity contribution is 0.0638. The lowest BCUT2D eigenvalue weighted by atomic mass is 10.1. The fourth-order valence-corrected chi connectivity index (χ4v) is 3.61. The zero-order chi connectivity index (χ0) is 24.2. The number of anilines is 1. The summed E-state index contributed by atoms with van der Waals surface area (Å²) in [6.07, 6.45) is 0.529. The Morgan fingerprint density at radius 1 is 1.00 bits per heavy atom. The summed E-state index contributed by atoms with van der Waals surface area (Å²) in [6, 6.07) is 9.58. The molecule has 11 heteroatoms. The normalized spacial score (nSPS) is 12.6. The van der Waals surface area contributed by atoms with E-state index in [9.17, 15) is 14.4 Å². The quantitative estimate of drug-likeness (QED) is 0.363. The van der Waals surface area contributed by atoms with Crippen molar-refractivity contribution in [2.45, 2.75) is 6.42 Å². The van der Waals surface area contributed by atoms with Crippen molar-refractivity contribution >= 4 is 23.7 Å². The van der Waals surface area contributed by atoms with Crippen LogP contribution in [-0.4, -0.2) is 72.3 Å². The first-order valence-electron chi connectivity index (χ1n) is 10.4. The Bertz CT molecular complexity index is 1250. The molecule has 0 atom stereocenters. The van der Waals surface area contributed by atoms with Crippen LogP contribution in [0.4, 0.5) is 5.95 Å². The number of hydrogen-bond donors (Lipinski definition) is 2. The zero-order valence-electron chi connectivity index (χ0n) is 18.9. The molecule has 34 heavy (non-hydrogen) atoms. The molecular formula is C23H23N5O6. The summed E-state index contributed by atoms with van der Waals surface area (Å²) in [5.41, 5.74) is 1.29. The Morgan fingerprint density at radius 2 is 1.76 bits per heavy atom. The van der Waals surface area contributed by atoms with Gasteiger partial charge in [-0.1, -0.05) is 0 Å². The fourth-order valence-electron chi connectivity index (χ4n) is 3.61. The Kier molecular flexibility index (Phi) is 6.55. The standard InChI is InChI=1S/C23H23N5O6/c1-32-10-4-9-28-21(30)15-7-5-13(11-17(15)22(28)31)20(29)25-23-24-19(26-27-23)16-8-6-14(33-2)12-18(16)34-3/h5-8,11-12H,4,9-10H2,1-3H3,(H2,24,25,26,27,29). The fraction of sp³-hybridized carbons (Fsp3) is 0.261. The van der Waals surface area contributed by atoms with Gasteiger partial charge in [0.1, 0.15) is 11.5 Å². The maximum atomic E-state index is 12.8. The molecule has 0 aliphatic carbocycles. The molecule has 2 aromatic carbocycles. The van der Waals surface area contributed by atoms with Crippen molar-refractivity contribution in [2.75, 3.05) is 39.8 Å². The monoisotopic (exact) mass is 465 g/mol. The smallest absolute Gasteiger partial charge is 0.261 e. The molecule has 0 radical (unpaired) electrons. The van der Waals surface area contributed by atoms with Crippen molar-refractivity contribution in [3.63, 3.8) is 0 Å². The number of hydrogen-bond acceptors (Lipinski definition) is 8. The minimum atomic E-state index is -0.520. The summed E-state index contributed by atoms with van der Waals surface area (Å²) in [5, 5.41) is 9.39. The van der Waals surface area contributed by atoms with Gasteiger partial charge in [-0.2, -0.15) is 4.98 Å². The average Bonchev–Trinajstić information content (AvgIpc) is 3.41. The summed E-state index contributed by atoms with van der Waals surface area (Å²) in [5.74, 6) is 0.236. The highest BCUT2D eigenvalue weighted by atomic mass is 16.5. The molecule has 11 nitrogen and oxygen atoms in total. The first kappa shape index (κ1) is 22.9. The van der Waals surface area contributed by atoms with Gasteiger partial charge in [-0.05, 0) is 36.8 Å². The number of benzene rings is 2. The number of nitrogens with one attached hydrogen (secondary N) is 2. The summed E-state index contributed by atoms with van der Waals surface area (Å²) in [4.78, 5) is 43.4. The highest BCUT2D eigenvalue weighted by molar-refractivity contribution is 6.22. The van der Waals surface area contributed by atoms with Gasteiger partial charge < -0.3 is 14.2 Å². The Balaban J connectivity index is 1.50. The van der Waals surface area contributed by atoms with E-state index in [0.29, 0.717) is 35.9 Å². The second-order valence-electron chi connectivity index (χ2n) is 7.40. The molecule has 1 aromatic heterocycles. The van der Waals surface area contributed by atoms with Crippen LogP contribution in [-0.2, 0) is 4.74 Å². The second-order valence-corrected chi connectivity index (χ2v) is 7.40. The van der Waals surface area contributed by atoms with E-state index in [0.717, 1.165) is 4.90 Å². The number of imide groups is 1. The predicted octanol–water partition coefficient (Wildman–Crippen LogP) is 2.37. The molecule has 4 rings (SSSR count). The van der Waals surface area contributed by atoms with E-state index in [2.05, 4.69) is 20.5 Å². The maximum Gasteiger partial charge on any atom is 0.261 e. The van der Waals surface area contributed by atoms with E-state index >= 15 is 0 Å². The summed E-state index contributed by atoms with van der Waals surface area (Å²) in [7, 11) is 4.63. The van der Waals surface area contributed by atoms with Crippen LogP contribution in [0.15, 0.2) is 36.4 Å². The minimum Gasteiger partial charge on any atom is -0.497 e. The molecular weight excluding hydrogens is 442 g/mol. The highest BCUT2D eigenvalue weighted by Gasteiger charge is 2.35. The molecule has 176 valence electrons. The Morgan fingerprint density at radius 3 is 2.50 bits per heavy atom. The van der Waals surface area contributed by atoms with Gasteiger partial charge in [-0.25, -0.2) is 0 Å². The zero-order valence-corrected chi connectivity index (χ0v) is 18.9. The van der Waals surface area contributed by atoms with Crippen LogP contribution in [0.5, 0.6) is 11.5 Å². The lowest BCUT2D eigenvalue weighted by Crippen LogP contribution is -2.31. The molecule has 3 aromatic rings. The predicted molar refractivity (Wildman–Crippen MR) is 121 cm³/mol. The number of H-pyrrole nitrogens is 1. The summed E-state index contributed by atoms with van der Waals surface area (Å²) >= 11 is 0. The van der Waals surface area contributed by atoms with Gasteiger partial charge in [0.25, 0.3) is 17.7 Å². The van der Waals surface area contributed by atoms with Gasteiger partial charge in [0.05, 0.1) is 30.9 Å². The molecule has 2 heterocycles. The number of methoxy groups -OCH3 is 3. The molecule has 0 fully saturated rings. The van der Waals surface area contributed by atoms with E-state index in [1.807, 2.05) is 0 Å². The van der Waals surface area contributed by atoms with Crippen molar-refractivity contribution in [3.05, 3.63) is 53.1 Å². The van der Waals surface area contributed by atoms with Crippen LogP contribution in [0.1, 0.15) is 37.5 Å². The Labute approximate surface area is 195 Å². The number of carbonyl (C=O) groups is 3. The highest BCUT2D eigenvalue weighted by Crippen LogP contribution is 2.31. The van der Waals surface area contributed by atoms with Crippen LogP contribution in [0, 0.1) is 0 Å². The van der Waals surface area contributed by atoms with Crippen molar-refractivity contribution < 1.29 is 28.6 Å². The Hall–Kier alpha value is -4.25. The van der Waals surface area contributed by atoms with E-state index in [-0.39, 0.29) is 35.1 Å². The third kappa shape index (κ3) is 4.33. The molecule has 0 unspecified atom stereocenters. The van der Waals surface area contributed by atoms with E-state index < -0.39 is 11.8 Å². The third-order valence-corrected chi connectivity index (χ3v) is 5.34. The van der Waals surface area contributed by atoms with Gasteiger partial charge >= 0.3 is 0 Å². The second kappa shape index (κ2) is 9.71. The number of fused-ring (bicyclic) bond motifs is 1. The third-order valence-electron chi connectivity index (χ3n) is 5.34. The average molecular weight is 465 g/mol. The van der Waals surface area contributed by atoms with Gasteiger partial charge in [-0.3, -0.25) is 29.7 Å². The van der Waals surface area contributed by atoms with Crippen molar-refractivity contribution in [3.8, 4) is 22.9 Å². The molecule has 2 N–H and O–H groups in total. The molecule has 0 saturated heterocycles. The molecule has 0 saturated carbocycles. The largest absolute Gasteiger partial charge is 0.497 e. The van der Waals surface area contributed by atoms with Gasteiger partial charge in [0, 0.05) is 31.9 Å². The van der Waals surface area contributed by atoms with Crippen molar-refractivity contribution in [1.29, 1.82) is 0 Å². The van der Waals surface area contributed by atoms with Crippen LogP contribution >= 0.6 is 0 Å². The summed E-state index contributed by atoms with van der Waals surface area (Å²) < 4.78 is 15.6. The van der Waals surface area contributed by atoms with Crippen LogP contribution in [0.25, 0.3) is 11.4 Å². The van der Waals surface area contributed by atoms with E-state index in [1.54, 1.807) is 32.4 Å². The molecule has 1 aliphatic heterocycles. The number of nitrogens with zero attached hydrogens (tertiary/aromatic N) is 3. The molecule has 1 aliphatic rings. The number of amides is 3. The number of carbonyl (C=O) groups excluding carboxylic acids is 3. The number of aromatic amines is 1. The molecule has 3 amide bonds. The number of aromatic nitrogens is 3. The van der Waals surface area contributed by atoms with Gasteiger partial charge in [-0.15, -0.1) is 5.10 Å². The van der Waals surface area contributed by atoms with Crippen molar-refractivity contribution in [1.82, 2.24) is 20.1 Å². The first-order valence-corrected chi connectivity index (χ1v) is 10.4. The topological polar surface area (TPSA) is 136 Å². The van der Waals surface area contributed by atoms with Crippen LogP contribution in [0.2, 0.25) is 0 Å². The van der Waals surface area contributed by atoms with Crippen LogP contribution in [0.3, 0.4) is 0 Å². The summed E-state index contributed by atoms with van der Waals surface area (Å²) in [6.45, 7) is 0.679. The maximum absolute atomic E-state index is 12.8. The SMILES string of the molecule is COCCCN1C(=O)c2ccc(C(=O)Nc3n[nH]c(-c4ccc(OC)cc4OC)n3)cc2C1=O. The molecule has 0 spiro atoms. The van der Waals surface area contributed by atoms with Gasteiger partial charge in [0.15, 0.2) is 5.82 Å². The van der Waals surface area contributed by atoms with Crippen LogP contribution < -0.4 is 14.8 Å². The number of ether oxygens (including phenoxy) is 3. The van der Waals surface area contributed by atoms with Gasteiger partial charge in [0.2, 0.25) is 5.95 Å². The van der Waals surface area contributed by atoms with Crippen molar-refractivity contribution in [2.24, 2.45) is 0 Å². The lowest BCUT2D eigenvalue weighted by Gasteiger charge is -2.12. The minimum absolute atomic E-state index is 0.0435. The van der Waals surface area contributed by atoms with E-state index in [4.69, 9.17) is 14.2 Å². The molecule has 0 bridgehead atoms. The van der Waals surface area contributed by atoms with E-state index in [1.165, 1.54) is 25.3 Å². The first-order chi connectivity index (χ1) is 16.5.